The highest BCUT2D eigenvalue weighted by molar-refractivity contribution is 8.00. The van der Waals surface area contributed by atoms with Crippen molar-refractivity contribution in [3.63, 3.8) is 0 Å². The lowest BCUT2D eigenvalue weighted by Crippen LogP contribution is -2.44. The fourth-order valence-corrected chi connectivity index (χ4v) is 6.64. The highest BCUT2D eigenvalue weighted by Gasteiger charge is 2.38. The molecule has 3 heterocycles. The van der Waals surface area contributed by atoms with Gasteiger partial charge < -0.3 is 10.1 Å². The number of thiophene rings is 1. The lowest BCUT2D eigenvalue weighted by Gasteiger charge is -2.24. The van der Waals surface area contributed by atoms with E-state index in [2.05, 4.69) is 16.8 Å². The molecule has 5 rings (SSSR count). The van der Waals surface area contributed by atoms with Gasteiger partial charge in [0.15, 0.2) is 0 Å². The summed E-state index contributed by atoms with van der Waals surface area (Å²) in [6, 6.07) is 21.7. The molecule has 4 aromatic rings. The van der Waals surface area contributed by atoms with Crippen molar-refractivity contribution in [1.29, 1.82) is 0 Å². The van der Waals surface area contributed by atoms with E-state index in [1.54, 1.807) is 39.8 Å². The highest BCUT2D eigenvalue weighted by atomic mass is 32.2. The van der Waals surface area contributed by atoms with Gasteiger partial charge in [0.25, 0.3) is 0 Å². The summed E-state index contributed by atoms with van der Waals surface area (Å²) in [5, 5.41) is 10.1. The van der Waals surface area contributed by atoms with E-state index in [-0.39, 0.29) is 35.4 Å². The molecule has 2 aromatic carbocycles. The fraction of sp³-hybridized carbons (Fsp3) is 0.276. The third-order valence-corrected chi connectivity index (χ3v) is 8.90. The van der Waals surface area contributed by atoms with Crippen molar-refractivity contribution < 1.29 is 14.3 Å². The minimum atomic E-state index is -0.193. The first kappa shape index (κ1) is 26.1. The smallest absolute Gasteiger partial charge is 0.240 e. The number of hydrogen-bond donors (Lipinski definition) is 1. The number of fused-ring (bicyclic) bond motifs is 1. The van der Waals surface area contributed by atoms with Crippen molar-refractivity contribution in [3.8, 4) is 22.7 Å². The van der Waals surface area contributed by atoms with Crippen LogP contribution < -0.4 is 15.0 Å². The maximum absolute atomic E-state index is 13.7. The number of carbonyl (C=O) groups excluding carboxylic acids is 2. The van der Waals surface area contributed by atoms with Crippen molar-refractivity contribution in [2.75, 3.05) is 24.3 Å². The number of methoxy groups -OCH3 is 1. The number of amides is 2. The van der Waals surface area contributed by atoms with Gasteiger partial charge in [0.05, 0.1) is 29.5 Å². The summed E-state index contributed by atoms with van der Waals surface area (Å²) >= 11 is 3.24. The molecule has 2 amide bonds. The van der Waals surface area contributed by atoms with Crippen molar-refractivity contribution in [3.05, 3.63) is 82.6 Å². The number of nitrogens with zero attached hydrogens (tertiary/aromatic N) is 3. The Kier molecular flexibility index (Phi) is 7.85. The Hall–Kier alpha value is -3.56. The van der Waals surface area contributed by atoms with Crippen LogP contribution in [0, 0.1) is 0 Å². The second-order valence-electron chi connectivity index (χ2n) is 9.12. The lowest BCUT2D eigenvalue weighted by molar-refractivity contribution is -0.123. The first-order valence-corrected chi connectivity index (χ1v) is 14.5. The molecule has 0 fully saturated rings. The predicted octanol–water partition coefficient (Wildman–Crippen LogP) is 5.69. The molecule has 1 aliphatic rings. The highest BCUT2D eigenvalue weighted by Crippen LogP contribution is 2.49. The molecule has 0 unspecified atom stereocenters. The van der Waals surface area contributed by atoms with Crippen molar-refractivity contribution >= 4 is 40.7 Å². The lowest BCUT2D eigenvalue weighted by atomic mass is 10.0. The van der Waals surface area contributed by atoms with E-state index in [1.165, 1.54) is 0 Å². The van der Waals surface area contributed by atoms with Crippen LogP contribution in [0.5, 0.6) is 5.75 Å². The second kappa shape index (κ2) is 11.4. The quantitative estimate of drug-likeness (QED) is 0.307. The molecule has 38 heavy (non-hydrogen) atoms. The van der Waals surface area contributed by atoms with Crippen LogP contribution in [0.1, 0.15) is 36.0 Å². The summed E-state index contributed by atoms with van der Waals surface area (Å²) in [6.45, 7) is 3.91. The van der Waals surface area contributed by atoms with Crippen LogP contribution in [0.4, 0.5) is 5.82 Å². The molecule has 0 saturated carbocycles. The summed E-state index contributed by atoms with van der Waals surface area (Å²) in [5.74, 6) is 1.29. The molecule has 2 atom stereocenters. The van der Waals surface area contributed by atoms with Crippen LogP contribution in [0.25, 0.3) is 16.9 Å². The average Bonchev–Trinajstić information content (AvgIpc) is 3.59. The Morgan fingerprint density at radius 2 is 1.89 bits per heavy atom. The van der Waals surface area contributed by atoms with Gasteiger partial charge >= 0.3 is 0 Å². The molecule has 2 aromatic heterocycles. The van der Waals surface area contributed by atoms with Gasteiger partial charge in [-0.15, -0.1) is 23.1 Å². The largest absolute Gasteiger partial charge is 0.497 e. The van der Waals surface area contributed by atoms with E-state index in [4.69, 9.17) is 9.84 Å². The molecular weight excluding hydrogens is 516 g/mol. The van der Waals surface area contributed by atoms with Gasteiger partial charge in [0, 0.05) is 22.0 Å². The van der Waals surface area contributed by atoms with E-state index in [1.807, 2.05) is 74.5 Å². The Balaban J connectivity index is 1.75. The van der Waals surface area contributed by atoms with Gasteiger partial charge in [0.1, 0.15) is 18.1 Å². The number of hydrogen-bond acceptors (Lipinski definition) is 6. The van der Waals surface area contributed by atoms with Gasteiger partial charge in [-0.2, -0.15) is 5.10 Å². The zero-order valence-electron chi connectivity index (χ0n) is 21.6. The molecule has 0 bridgehead atoms. The summed E-state index contributed by atoms with van der Waals surface area (Å²) in [4.78, 5) is 29.5. The third kappa shape index (κ3) is 5.21. The maximum atomic E-state index is 13.7. The van der Waals surface area contributed by atoms with Gasteiger partial charge in [-0.3, -0.25) is 14.5 Å². The number of rotatable bonds is 8. The maximum Gasteiger partial charge on any atom is 0.240 e. The van der Waals surface area contributed by atoms with Gasteiger partial charge in [-0.05, 0) is 49.1 Å². The second-order valence-corrected chi connectivity index (χ2v) is 11.2. The molecule has 196 valence electrons. The average molecular weight is 547 g/mol. The van der Waals surface area contributed by atoms with Gasteiger partial charge in [-0.1, -0.05) is 43.3 Å². The summed E-state index contributed by atoms with van der Waals surface area (Å²) < 4.78 is 7.17. The first-order valence-electron chi connectivity index (χ1n) is 12.6. The minimum Gasteiger partial charge on any atom is -0.497 e. The zero-order valence-corrected chi connectivity index (χ0v) is 23.2. The topological polar surface area (TPSA) is 76.5 Å². The summed E-state index contributed by atoms with van der Waals surface area (Å²) in [6.07, 6.45) is 0.809. The molecular formula is C29H30N4O3S2. The Morgan fingerprint density at radius 3 is 2.55 bits per heavy atom. The number of nitrogens with one attached hydrogen (secondary N) is 1. The molecule has 0 spiro atoms. The third-order valence-electron chi connectivity index (χ3n) is 6.58. The Morgan fingerprint density at radius 1 is 1.13 bits per heavy atom. The van der Waals surface area contributed by atoms with Crippen LogP contribution in [-0.4, -0.2) is 47.0 Å². The Labute approximate surface area is 230 Å². The van der Waals surface area contributed by atoms with Crippen LogP contribution in [-0.2, 0) is 9.59 Å². The zero-order chi connectivity index (χ0) is 26.6. The summed E-state index contributed by atoms with van der Waals surface area (Å²) in [7, 11) is 1.63. The SMILES string of the molecule is CC[C@H](C)NC(=O)CN1C(=O)CS[C@@H](c2cccs2)c2c(-c3ccccc3)nn(-c3ccc(OC)cc3)c21. The summed E-state index contributed by atoms with van der Waals surface area (Å²) in [5.41, 5.74) is 3.46. The van der Waals surface area contributed by atoms with E-state index in [0.29, 0.717) is 5.82 Å². The normalized spacial score (nSPS) is 16.0. The van der Waals surface area contributed by atoms with Gasteiger partial charge in [0.2, 0.25) is 11.8 Å². The number of thioether (sulfide) groups is 1. The van der Waals surface area contributed by atoms with Crippen LogP contribution in [0.2, 0.25) is 0 Å². The standard InChI is InChI=1S/C29H30N4O3S2/c1-4-19(2)30-24(34)17-32-25(35)18-38-28(23-11-8-16-37-23)26-27(20-9-6-5-7-10-20)31-33(29(26)32)21-12-14-22(36-3)15-13-21/h5-16,19,28H,4,17-18H2,1-3H3,(H,30,34)/t19-,28-/m0/s1. The Bertz CT molecular complexity index is 1400. The molecule has 0 saturated heterocycles. The molecule has 0 aliphatic carbocycles. The fourth-order valence-electron chi connectivity index (χ4n) is 4.46. The van der Waals surface area contributed by atoms with E-state index in [9.17, 15) is 9.59 Å². The number of carbonyl (C=O) groups is 2. The van der Waals surface area contributed by atoms with Crippen LogP contribution in [0.15, 0.2) is 72.1 Å². The number of anilines is 1. The first-order chi connectivity index (χ1) is 18.5. The van der Waals surface area contributed by atoms with Crippen molar-refractivity contribution in [2.24, 2.45) is 0 Å². The van der Waals surface area contributed by atoms with E-state index in [0.717, 1.165) is 39.6 Å². The number of benzene rings is 2. The predicted molar refractivity (Wildman–Crippen MR) is 154 cm³/mol. The number of aromatic nitrogens is 2. The van der Waals surface area contributed by atoms with E-state index < -0.39 is 0 Å². The van der Waals surface area contributed by atoms with Gasteiger partial charge in [-0.25, -0.2) is 4.68 Å². The molecule has 7 nitrogen and oxygen atoms in total. The number of ether oxygens (including phenoxy) is 1. The monoisotopic (exact) mass is 546 g/mol. The van der Waals surface area contributed by atoms with Crippen molar-refractivity contribution in [1.82, 2.24) is 15.1 Å². The van der Waals surface area contributed by atoms with E-state index >= 15 is 0 Å². The molecule has 9 heteroatoms. The van der Waals surface area contributed by atoms with Crippen LogP contribution in [0.3, 0.4) is 0 Å². The molecule has 1 aliphatic heterocycles. The van der Waals surface area contributed by atoms with Crippen molar-refractivity contribution in [2.45, 2.75) is 31.6 Å². The minimum absolute atomic E-state index is 0.0173. The molecule has 0 radical (unpaired) electrons. The molecule has 1 N–H and O–H groups in total. The van der Waals surface area contributed by atoms with Crippen LogP contribution >= 0.6 is 23.1 Å².